The molecule has 3 heterocycles. The summed E-state index contributed by atoms with van der Waals surface area (Å²) in [6, 6.07) is 3.35. The van der Waals surface area contributed by atoms with Crippen LogP contribution in [0.15, 0.2) is 24.5 Å². The molecule has 7 heteroatoms. The predicted octanol–water partition coefficient (Wildman–Crippen LogP) is 1.65. The van der Waals surface area contributed by atoms with E-state index in [-0.39, 0.29) is 11.9 Å². The van der Waals surface area contributed by atoms with Crippen LogP contribution in [0, 0.1) is 0 Å². The molecule has 7 nitrogen and oxygen atoms in total. The third kappa shape index (κ3) is 2.68. The molecule has 0 saturated heterocycles. The van der Waals surface area contributed by atoms with Crippen LogP contribution in [0.3, 0.4) is 0 Å². The molecule has 1 atom stereocenters. The first kappa shape index (κ1) is 15.5. The van der Waals surface area contributed by atoms with Crippen LogP contribution in [0.5, 0.6) is 5.88 Å². The Morgan fingerprint density at radius 1 is 1.35 bits per heavy atom. The standard InChI is InChI=1S/C16H20N4O3/c1-11-14-18-9-12(10-22-2)20(14)8-7-19(11)16(21)13-5-4-6-17-15(13)23-3/h4-6,9,11H,7-8,10H2,1-3H3/t11-/m1/s1. The number of imidazole rings is 1. The van der Waals surface area contributed by atoms with Crippen LogP contribution in [0.1, 0.15) is 34.8 Å². The largest absolute Gasteiger partial charge is 0.480 e. The summed E-state index contributed by atoms with van der Waals surface area (Å²) in [6.07, 6.45) is 3.42. The highest BCUT2D eigenvalue weighted by molar-refractivity contribution is 5.96. The Morgan fingerprint density at radius 2 is 2.17 bits per heavy atom. The van der Waals surface area contributed by atoms with Crippen molar-refractivity contribution in [1.29, 1.82) is 0 Å². The Bertz CT molecular complexity index is 713. The minimum atomic E-state index is -0.119. The molecule has 0 bridgehead atoms. The van der Waals surface area contributed by atoms with Gasteiger partial charge in [0.05, 0.1) is 31.6 Å². The van der Waals surface area contributed by atoms with Crippen LogP contribution in [-0.2, 0) is 17.9 Å². The second kappa shape index (κ2) is 6.37. The van der Waals surface area contributed by atoms with E-state index < -0.39 is 0 Å². The molecule has 0 radical (unpaired) electrons. The first-order chi connectivity index (χ1) is 11.2. The minimum Gasteiger partial charge on any atom is -0.480 e. The molecule has 1 amide bonds. The number of hydrogen-bond donors (Lipinski definition) is 0. The van der Waals surface area contributed by atoms with Crippen molar-refractivity contribution in [2.24, 2.45) is 0 Å². The van der Waals surface area contributed by atoms with Crippen molar-refractivity contribution in [3.8, 4) is 5.88 Å². The lowest BCUT2D eigenvalue weighted by Gasteiger charge is -2.34. The molecule has 1 aliphatic rings. The highest BCUT2D eigenvalue weighted by Gasteiger charge is 2.32. The smallest absolute Gasteiger partial charge is 0.260 e. The number of carbonyl (C=O) groups excluding carboxylic acids is 1. The second-order valence-corrected chi connectivity index (χ2v) is 5.43. The summed E-state index contributed by atoms with van der Waals surface area (Å²) < 4.78 is 12.5. The number of hydrogen-bond acceptors (Lipinski definition) is 5. The quantitative estimate of drug-likeness (QED) is 0.858. The number of ether oxygens (including phenoxy) is 2. The molecule has 0 N–H and O–H groups in total. The fourth-order valence-corrected chi connectivity index (χ4v) is 2.97. The molecule has 23 heavy (non-hydrogen) atoms. The van der Waals surface area contributed by atoms with Gasteiger partial charge in [0.25, 0.3) is 5.91 Å². The Labute approximate surface area is 134 Å². The van der Waals surface area contributed by atoms with Gasteiger partial charge in [-0.15, -0.1) is 0 Å². The molecule has 0 aromatic carbocycles. The monoisotopic (exact) mass is 316 g/mol. The average Bonchev–Trinajstić information content (AvgIpc) is 2.99. The number of methoxy groups -OCH3 is 2. The topological polar surface area (TPSA) is 69.5 Å². The number of amides is 1. The van der Waals surface area contributed by atoms with Crippen LogP contribution >= 0.6 is 0 Å². The molecular weight excluding hydrogens is 296 g/mol. The first-order valence-electron chi connectivity index (χ1n) is 7.50. The van der Waals surface area contributed by atoms with Gasteiger partial charge in [0.2, 0.25) is 5.88 Å². The summed E-state index contributed by atoms with van der Waals surface area (Å²) in [5, 5.41) is 0. The lowest BCUT2D eigenvalue weighted by Crippen LogP contribution is -2.41. The maximum absolute atomic E-state index is 12.9. The number of carbonyl (C=O) groups is 1. The van der Waals surface area contributed by atoms with Gasteiger partial charge in [-0.05, 0) is 19.1 Å². The van der Waals surface area contributed by atoms with E-state index in [4.69, 9.17) is 9.47 Å². The van der Waals surface area contributed by atoms with Gasteiger partial charge in [0.15, 0.2) is 0 Å². The fourth-order valence-electron chi connectivity index (χ4n) is 2.97. The molecule has 0 fully saturated rings. The number of rotatable bonds is 4. The van der Waals surface area contributed by atoms with Crippen molar-refractivity contribution in [2.45, 2.75) is 26.1 Å². The van der Waals surface area contributed by atoms with E-state index in [2.05, 4.69) is 14.5 Å². The summed E-state index contributed by atoms with van der Waals surface area (Å²) in [6.45, 7) is 3.81. The van der Waals surface area contributed by atoms with E-state index in [1.807, 2.05) is 13.1 Å². The number of pyridine rings is 1. The highest BCUT2D eigenvalue weighted by atomic mass is 16.5. The molecule has 3 rings (SSSR count). The van der Waals surface area contributed by atoms with E-state index in [1.165, 1.54) is 7.11 Å². The van der Waals surface area contributed by atoms with Crippen LogP contribution in [-0.4, -0.2) is 46.1 Å². The Kier molecular flexibility index (Phi) is 4.29. The molecule has 0 spiro atoms. The van der Waals surface area contributed by atoms with Gasteiger partial charge in [0, 0.05) is 26.4 Å². The van der Waals surface area contributed by atoms with E-state index >= 15 is 0 Å². The zero-order chi connectivity index (χ0) is 16.4. The maximum Gasteiger partial charge on any atom is 0.260 e. The van der Waals surface area contributed by atoms with Gasteiger partial charge < -0.3 is 18.9 Å². The van der Waals surface area contributed by atoms with E-state index in [0.717, 1.165) is 11.5 Å². The predicted molar refractivity (Wildman–Crippen MR) is 83.2 cm³/mol. The van der Waals surface area contributed by atoms with Gasteiger partial charge in [-0.3, -0.25) is 4.79 Å². The molecule has 2 aromatic heterocycles. The summed E-state index contributed by atoms with van der Waals surface area (Å²) >= 11 is 0. The molecular formula is C16H20N4O3. The lowest BCUT2D eigenvalue weighted by atomic mass is 10.1. The fraction of sp³-hybridized carbons (Fsp3) is 0.438. The van der Waals surface area contributed by atoms with Crippen molar-refractivity contribution in [1.82, 2.24) is 19.4 Å². The number of aromatic nitrogens is 3. The van der Waals surface area contributed by atoms with Crippen molar-refractivity contribution in [3.05, 3.63) is 41.6 Å². The van der Waals surface area contributed by atoms with Gasteiger partial charge in [-0.25, -0.2) is 9.97 Å². The van der Waals surface area contributed by atoms with Crippen LogP contribution in [0.4, 0.5) is 0 Å². The van der Waals surface area contributed by atoms with Gasteiger partial charge in [-0.2, -0.15) is 0 Å². The van der Waals surface area contributed by atoms with Crippen molar-refractivity contribution in [3.63, 3.8) is 0 Å². The molecule has 1 aliphatic heterocycles. The zero-order valence-corrected chi connectivity index (χ0v) is 13.5. The summed E-state index contributed by atoms with van der Waals surface area (Å²) in [5.74, 6) is 1.13. The van der Waals surface area contributed by atoms with E-state index in [9.17, 15) is 4.79 Å². The van der Waals surface area contributed by atoms with Gasteiger partial charge in [-0.1, -0.05) is 0 Å². The zero-order valence-electron chi connectivity index (χ0n) is 13.5. The van der Waals surface area contributed by atoms with Gasteiger partial charge in [0.1, 0.15) is 11.4 Å². The van der Waals surface area contributed by atoms with Crippen molar-refractivity contribution < 1.29 is 14.3 Å². The van der Waals surface area contributed by atoms with Crippen LogP contribution in [0.2, 0.25) is 0 Å². The molecule has 0 aliphatic carbocycles. The second-order valence-electron chi connectivity index (χ2n) is 5.43. The van der Waals surface area contributed by atoms with E-state index in [0.29, 0.717) is 31.1 Å². The lowest BCUT2D eigenvalue weighted by molar-refractivity contribution is 0.0628. The average molecular weight is 316 g/mol. The Morgan fingerprint density at radius 3 is 2.91 bits per heavy atom. The first-order valence-corrected chi connectivity index (χ1v) is 7.50. The highest BCUT2D eigenvalue weighted by Crippen LogP contribution is 2.28. The summed E-state index contributed by atoms with van der Waals surface area (Å²) in [5.41, 5.74) is 1.50. The molecule has 0 unspecified atom stereocenters. The normalized spacial score (nSPS) is 17.0. The summed E-state index contributed by atoms with van der Waals surface area (Å²) in [7, 11) is 3.18. The Balaban J connectivity index is 1.88. The van der Waals surface area contributed by atoms with Crippen molar-refractivity contribution >= 4 is 5.91 Å². The summed E-state index contributed by atoms with van der Waals surface area (Å²) in [4.78, 5) is 23.3. The third-order valence-electron chi connectivity index (χ3n) is 4.12. The van der Waals surface area contributed by atoms with E-state index in [1.54, 1.807) is 30.3 Å². The number of fused-ring (bicyclic) bond motifs is 1. The van der Waals surface area contributed by atoms with Crippen LogP contribution in [0.25, 0.3) is 0 Å². The molecule has 122 valence electrons. The third-order valence-corrected chi connectivity index (χ3v) is 4.12. The van der Waals surface area contributed by atoms with Crippen molar-refractivity contribution in [2.75, 3.05) is 20.8 Å². The maximum atomic E-state index is 12.9. The van der Waals surface area contributed by atoms with Crippen LogP contribution < -0.4 is 4.74 Å². The minimum absolute atomic E-state index is 0.0926. The number of nitrogens with zero attached hydrogens (tertiary/aromatic N) is 4. The Hall–Kier alpha value is -2.41. The molecule has 2 aromatic rings. The SMILES string of the molecule is COCc1cnc2n1CCN(C(=O)c1cccnc1OC)[C@@H]2C. The van der Waals surface area contributed by atoms with Gasteiger partial charge >= 0.3 is 0 Å². The molecule has 0 saturated carbocycles.